The van der Waals surface area contributed by atoms with Gasteiger partial charge in [0.25, 0.3) is 0 Å². The topological polar surface area (TPSA) is 12.0 Å². The van der Waals surface area contributed by atoms with E-state index >= 15 is 0 Å². The third-order valence-corrected chi connectivity index (χ3v) is 3.65. The Morgan fingerprint density at radius 2 is 1.60 bits per heavy atom. The third-order valence-electron chi connectivity index (χ3n) is 3.65. The zero-order valence-electron chi connectivity index (χ0n) is 10.6. The van der Waals surface area contributed by atoms with Crippen LogP contribution in [0.5, 0.6) is 0 Å². The molecule has 0 unspecified atom stereocenters. The Labute approximate surface area is 96.0 Å². The van der Waals surface area contributed by atoms with Crippen molar-refractivity contribution in [3.05, 3.63) is 0 Å². The quantitative estimate of drug-likeness (QED) is 0.651. The summed E-state index contributed by atoms with van der Waals surface area (Å²) < 4.78 is 0. The molecule has 0 aromatic carbocycles. The average Bonchev–Trinajstić information content (AvgIpc) is 2.20. The first-order chi connectivity index (χ1) is 7.43. The second-order valence-electron chi connectivity index (χ2n) is 5.10. The van der Waals surface area contributed by atoms with Crippen LogP contribution in [0.3, 0.4) is 0 Å². The molecule has 1 saturated heterocycles. The fraction of sp³-hybridized carbons (Fsp3) is 1.00. The molecule has 0 saturated carbocycles. The van der Waals surface area contributed by atoms with Crippen molar-refractivity contribution in [3.63, 3.8) is 0 Å². The standard InChI is InChI=1S/C14H29N/c1-2-3-4-5-6-9-14-10-7-12-15-13-8-11-14/h14-15H,2-13H2,1H3. The van der Waals surface area contributed by atoms with Gasteiger partial charge in [-0.25, -0.2) is 0 Å². The number of rotatable bonds is 6. The molecule has 1 heterocycles. The largest absolute Gasteiger partial charge is 0.317 e. The van der Waals surface area contributed by atoms with Gasteiger partial charge in [-0.3, -0.25) is 0 Å². The molecule has 1 N–H and O–H groups in total. The Balaban J connectivity index is 1.97. The molecule has 0 aliphatic carbocycles. The summed E-state index contributed by atoms with van der Waals surface area (Å²) >= 11 is 0. The normalized spacial score (nSPS) is 19.8. The molecular weight excluding hydrogens is 182 g/mol. The summed E-state index contributed by atoms with van der Waals surface area (Å²) in [4.78, 5) is 0. The maximum atomic E-state index is 3.49. The summed E-state index contributed by atoms with van der Waals surface area (Å²) in [5.74, 6) is 1.05. The first-order valence-electron chi connectivity index (χ1n) is 7.14. The summed E-state index contributed by atoms with van der Waals surface area (Å²) in [6, 6.07) is 0. The van der Waals surface area contributed by atoms with E-state index in [0.29, 0.717) is 0 Å². The first kappa shape index (κ1) is 13.0. The van der Waals surface area contributed by atoms with E-state index in [0.717, 1.165) is 5.92 Å². The second-order valence-corrected chi connectivity index (χ2v) is 5.10. The lowest BCUT2D eigenvalue weighted by Crippen LogP contribution is -2.21. The minimum atomic E-state index is 1.05. The summed E-state index contributed by atoms with van der Waals surface area (Å²) in [5.41, 5.74) is 0. The van der Waals surface area contributed by atoms with Crippen LogP contribution >= 0.6 is 0 Å². The van der Waals surface area contributed by atoms with Crippen LogP contribution in [0.15, 0.2) is 0 Å². The highest BCUT2D eigenvalue weighted by atomic mass is 14.8. The highest BCUT2D eigenvalue weighted by Gasteiger charge is 2.10. The predicted octanol–water partition coefficient (Wildman–Crippen LogP) is 4.13. The Hall–Kier alpha value is -0.0400. The van der Waals surface area contributed by atoms with Crippen molar-refractivity contribution >= 4 is 0 Å². The van der Waals surface area contributed by atoms with Crippen molar-refractivity contribution in [2.45, 2.75) is 71.1 Å². The van der Waals surface area contributed by atoms with Crippen LogP contribution in [0.4, 0.5) is 0 Å². The van der Waals surface area contributed by atoms with E-state index in [-0.39, 0.29) is 0 Å². The molecule has 1 rings (SSSR count). The maximum Gasteiger partial charge on any atom is -0.00488 e. The van der Waals surface area contributed by atoms with Crippen LogP contribution in [0.2, 0.25) is 0 Å². The van der Waals surface area contributed by atoms with Gasteiger partial charge in [0, 0.05) is 0 Å². The van der Waals surface area contributed by atoms with Crippen molar-refractivity contribution in [2.75, 3.05) is 13.1 Å². The number of hydrogen-bond donors (Lipinski definition) is 1. The van der Waals surface area contributed by atoms with Crippen LogP contribution in [0.25, 0.3) is 0 Å². The van der Waals surface area contributed by atoms with Gasteiger partial charge in [-0.15, -0.1) is 0 Å². The van der Waals surface area contributed by atoms with Gasteiger partial charge < -0.3 is 5.32 Å². The fourth-order valence-corrected chi connectivity index (χ4v) is 2.63. The molecule has 0 amide bonds. The van der Waals surface area contributed by atoms with Gasteiger partial charge in [0.1, 0.15) is 0 Å². The highest BCUT2D eigenvalue weighted by Crippen LogP contribution is 2.22. The molecule has 0 aromatic heterocycles. The van der Waals surface area contributed by atoms with E-state index in [9.17, 15) is 0 Å². The van der Waals surface area contributed by atoms with E-state index in [1.807, 2.05) is 0 Å². The fourth-order valence-electron chi connectivity index (χ4n) is 2.63. The van der Waals surface area contributed by atoms with Crippen molar-refractivity contribution in [1.82, 2.24) is 5.32 Å². The summed E-state index contributed by atoms with van der Waals surface area (Å²) in [6.07, 6.45) is 14.5. The molecular formula is C14H29N. The highest BCUT2D eigenvalue weighted by molar-refractivity contribution is 4.65. The van der Waals surface area contributed by atoms with Crippen molar-refractivity contribution in [3.8, 4) is 0 Å². The van der Waals surface area contributed by atoms with Crippen molar-refractivity contribution < 1.29 is 0 Å². The van der Waals surface area contributed by atoms with Crippen LogP contribution in [-0.2, 0) is 0 Å². The van der Waals surface area contributed by atoms with Gasteiger partial charge in [0.05, 0.1) is 0 Å². The van der Waals surface area contributed by atoms with E-state index in [1.165, 1.54) is 77.3 Å². The second kappa shape index (κ2) is 9.21. The molecule has 90 valence electrons. The molecule has 0 radical (unpaired) electrons. The van der Waals surface area contributed by atoms with Gasteiger partial charge in [-0.1, -0.05) is 45.4 Å². The van der Waals surface area contributed by atoms with Gasteiger partial charge in [-0.05, 0) is 44.7 Å². The molecule has 0 bridgehead atoms. The average molecular weight is 211 g/mol. The van der Waals surface area contributed by atoms with E-state index in [2.05, 4.69) is 12.2 Å². The minimum Gasteiger partial charge on any atom is -0.317 e. The summed E-state index contributed by atoms with van der Waals surface area (Å²) in [6.45, 7) is 4.81. The first-order valence-corrected chi connectivity index (χ1v) is 7.14. The SMILES string of the molecule is CCCCCCCC1CCCNCCC1. The van der Waals surface area contributed by atoms with Crippen LogP contribution in [-0.4, -0.2) is 13.1 Å². The zero-order valence-corrected chi connectivity index (χ0v) is 10.6. The minimum absolute atomic E-state index is 1.05. The van der Waals surface area contributed by atoms with Crippen LogP contribution in [0, 0.1) is 5.92 Å². The number of nitrogens with one attached hydrogen (secondary N) is 1. The number of unbranched alkanes of at least 4 members (excludes halogenated alkanes) is 4. The van der Waals surface area contributed by atoms with Crippen molar-refractivity contribution in [1.29, 1.82) is 0 Å². The van der Waals surface area contributed by atoms with E-state index in [1.54, 1.807) is 0 Å². The Morgan fingerprint density at radius 3 is 2.27 bits per heavy atom. The smallest absolute Gasteiger partial charge is 0.00488 e. The molecule has 1 aliphatic heterocycles. The van der Waals surface area contributed by atoms with Gasteiger partial charge >= 0.3 is 0 Å². The zero-order chi connectivity index (χ0) is 10.8. The molecule has 0 aromatic rings. The lowest BCUT2D eigenvalue weighted by atomic mass is 9.90. The van der Waals surface area contributed by atoms with E-state index < -0.39 is 0 Å². The Bertz CT molecular complexity index is 125. The van der Waals surface area contributed by atoms with E-state index in [4.69, 9.17) is 0 Å². The van der Waals surface area contributed by atoms with Gasteiger partial charge in [0.15, 0.2) is 0 Å². The summed E-state index contributed by atoms with van der Waals surface area (Å²) in [5, 5.41) is 3.49. The van der Waals surface area contributed by atoms with Gasteiger partial charge in [0.2, 0.25) is 0 Å². The molecule has 0 spiro atoms. The molecule has 1 heteroatoms. The summed E-state index contributed by atoms with van der Waals surface area (Å²) in [7, 11) is 0. The third kappa shape index (κ3) is 6.94. The molecule has 15 heavy (non-hydrogen) atoms. The van der Waals surface area contributed by atoms with Gasteiger partial charge in [-0.2, -0.15) is 0 Å². The number of hydrogen-bond acceptors (Lipinski definition) is 1. The lowest BCUT2D eigenvalue weighted by molar-refractivity contribution is 0.354. The molecule has 1 aliphatic rings. The molecule has 0 atom stereocenters. The van der Waals surface area contributed by atoms with Crippen molar-refractivity contribution in [2.24, 2.45) is 5.92 Å². The predicted molar refractivity (Wildman–Crippen MR) is 68.2 cm³/mol. The molecule has 1 nitrogen and oxygen atoms in total. The molecule has 1 fully saturated rings. The monoisotopic (exact) mass is 211 g/mol. The Kier molecular flexibility index (Phi) is 7.99. The lowest BCUT2D eigenvalue weighted by Gasteiger charge is -2.20. The van der Waals surface area contributed by atoms with Crippen LogP contribution < -0.4 is 5.32 Å². The van der Waals surface area contributed by atoms with Crippen LogP contribution in [0.1, 0.15) is 71.1 Å². The maximum absolute atomic E-state index is 3.49. The Morgan fingerprint density at radius 1 is 0.933 bits per heavy atom.